The van der Waals surface area contributed by atoms with Crippen molar-refractivity contribution in [2.24, 2.45) is 58.1 Å². The third kappa shape index (κ3) is 0.939. The summed E-state index contributed by atoms with van der Waals surface area (Å²) in [4.78, 5) is 6.32. The Morgan fingerprint density at radius 1 is 1.16 bits per heavy atom. The van der Waals surface area contributed by atoms with Crippen LogP contribution in [0.5, 0.6) is 0 Å². The van der Waals surface area contributed by atoms with Crippen LogP contribution in [0.4, 0.5) is 0 Å². The normalized spacial score (nSPS) is 63.0. The average Bonchev–Trinajstić information content (AvgIpc) is 2.84. The van der Waals surface area contributed by atoms with Gasteiger partial charge in [0, 0.05) is 14.1 Å². The second kappa shape index (κ2) is 2.95. The van der Waals surface area contributed by atoms with Gasteiger partial charge in [-0.1, -0.05) is 0 Å². The molecule has 5 saturated carbocycles. The highest BCUT2D eigenvalue weighted by Crippen LogP contribution is 2.85. The van der Waals surface area contributed by atoms with Crippen molar-refractivity contribution >= 4 is 5.96 Å². The SMILES string of the molecule is CN(C)C(N)=NCC1(O)C2C3CC4C5C3CC2C5C41. The Hall–Kier alpha value is -0.770. The van der Waals surface area contributed by atoms with E-state index < -0.39 is 5.60 Å². The molecule has 104 valence electrons. The molecule has 19 heavy (non-hydrogen) atoms. The molecule has 0 aromatic rings. The van der Waals surface area contributed by atoms with Crippen molar-refractivity contribution in [2.75, 3.05) is 20.6 Å². The minimum atomic E-state index is -0.523. The van der Waals surface area contributed by atoms with E-state index in [0.717, 1.165) is 35.5 Å². The quantitative estimate of drug-likeness (QED) is 0.558. The molecule has 9 atom stereocenters. The number of fused-ring (bicyclic) bond motifs is 2. The van der Waals surface area contributed by atoms with Crippen LogP contribution in [-0.4, -0.2) is 42.2 Å². The highest BCUT2D eigenvalue weighted by atomic mass is 16.3. The fourth-order valence-electron chi connectivity index (χ4n) is 7.28. The topological polar surface area (TPSA) is 61.8 Å². The van der Waals surface area contributed by atoms with Crippen molar-refractivity contribution < 1.29 is 5.11 Å². The summed E-state index contributed by atoms with van der Waals surface area (Å²) in [6, 6.07) is 0. The number of rotatable bonds is 2. The van der Waals surface area contributed by atoms with Crippen molar-refractivity contribution in [3.8, 4) is 0 Å². The summed E-state index contributed by atoms with van der Waals surface area (Å²) in [5.41, 5.74) is 5.38. The van der Waals surface area contributed by atoms with E-state index in [9.17, 15) is 5.11 Å². The van der Waals surface area contributed by atoms with Gasteiger partial charge in [0.1, 0.15) is 0 Å². The number of aliphatic imine (C=N–C) groups is 1. The van der Waals surface area contributed by atoms with E-state index in [-0.39, 0.29) is 0 Å². The van der Waals surface area contributed by atoms with E-state index in [1.807, 2.05) is 19.0 Å². The lowest BCUT2D eigenvalue weighted by atomic mass is 9.56. The predicted octanol–water partition coefficient (Wildman–Crippen LogP) is 0.372. The lowest BCUT2D eigenvalue weighted by Crippen LogP contribution is -2.56. The molecule has 5 rings (SSSR count). The van der Waals surface area contributed by atoms with Crippen LogP contribution in [0, 0.1) is 47.3 Å². The molecule has 4 heteroatoms. The van der Waals surface area contributed by atoms with Crippen LogP contribution in [-0.2, 0) is 0 Å². The van der Waals surface area contributed by atoms with Crippen LogP contribution in [0.2, 0.25) is 0 Å². The molecule has 2 bridgehead atoms. The molecular formula is C15H23N3O. The molecule has 0 spiro atoms. The molecule has 0 aromatic heterocycles. The number of nitrogens with zero attached hydrogens (tertiary/aromatic N) is 2. The zero-order valence-electron chi connectivity index (χ0n) is 11.7. The Balaban J connectivity index is 1.50. The van der Waals surface area contributed by atoms with Crippen LogP contribution >= 0.6 is 0 Å². The molecule has 5 aliphatic rings. The molecule has 5 aliphatic carbocycles. The zero-order valence-corrected chi connectivity index (χ0v) is 11.7. The third-order valence-electron chi connectivity index (χ3n) is 7.47. The number of hydrogen-bond donors (Lipinski definition) is 2. The van der Waals surface area contributed by atoms with E-state index >= 15 is 0 Å². The first-order valence-electron chi connectivity index (χ1n) is 7.73. The largest absolute Gasteiger partial charge is 0.387 e. The van der Waals surface area contributed by atoms with Gasteiger partial charge in [0.25, 0.3) is 0 Å². The highest BCUT2D eigenvalue weighted by Gasteiger charge is 2.84. The van der Waals surface area contributed by atoms with Gasteiger partial charge in [-0.2, -0.15) is 0 Å². The Morgan fingerprint density at radius 2 is 1.84 bits per heavy atom. The molecule has 4 nitrogen and oxygen atoms in total. The molecule has 0 radical (unpaired) electrons. The van der Waals surface area contributed by atoms with E-state index in [4.69, 9.17) is 5.73 Å². The van der Waals surface area contributed by atoms with Gasteiger partial charge in [0.15, 0.2) is 5.96 Å². The number of nitrogens with two attached hydrogens (primary N) is 1. The maximum absolute atomic E-state index is 11.3. The van der Waals surface area contributed by atoms with E-state index in [2.05, 4.69) is 4.99 Å². The van der Waals surface area contributed by atoms with Gasteiger partial charge in [0.2, 0.25) is 0 Å². The van der Waals surface area contributed by atoms with Crippen molar-refractivity contribution in [1.82, 2.24) is 4.90 Å². The summed E-state index contributed by atoms with van der Waals surface area (Å²) < 4.78 is 0. The third-order valence-corrected chi connectivity index (χ3v) is 7.47. The first kappa shape index (κ1) is 11.0. The summed E-state index contributed by atoms with van der Waals surface area (Å²) in [6.07, 6.45) is 2.82. The second-order valence-electron chi connectivity index (χ2n) is 7.89. The number of hydrogen-bond acceptors (Lipinski definition) is 2. The summed E-state index contributed by atoms with van der Waals surface area (Å²) in [6.45, 7) is 0.534. The molecule has 0 amide bonds. The van der Waals surface area contributed by atoms with E-state index in [0.29, 0.717) is 24.3 Å². The first-order valence-corrected chi connectivity index (χ1v) is 7.73. The van der Waals surface area contributed by atoms with Crippen molar-refractivity contribution in [1.29, 1.82) is 0 Å². The van der Waals surface area contributed by atoms with Gasteiger partial charge in [-0.15, -0.1) is 0 Å². The van der Waals surface area contributed by atoms with Gasteiger partial charge >= 0.3 is 0 Å². The fraction of sp³-hybridized carbons (Fsp3) is 0.933. The average molecular weight is 261 g/mol. The molecule has 3 N–H and O–H groups in total. The lowest BCUT2D eigenvalue weighted by molar-refractivity contribution is -0.123. The summed E-state index contributed by atoms with van der Waals surface area (Å²) in [7, 11) is 3.81. The van der Waals surface area contributed by atoms with Gasteiger partial charge in [-0.05, 0) is 60.2 Å². The van der Waals surface area contributed by atoms with Gasteiger partial charge in [-0.25, -0.2) is 0 Å². The van der Waals surface area contributed by atoms with Crippen LogP contribution in [0.25, 0.3) is 0 Å². The van der Waals surface area contributed by atoms with Gasteiger partial charge in [0.05, 0.1) is 12.1 Å². The standard InChI is InChI=1S/C15H23N3O/c1-18(2)14(16)17-5-15(19)12-7-4-8-10-6(7)3-9(12)11(10)13(8)15/h6-13,19H,3-5H2,1-2H3,(H2,16,17). The minimum absolute atomic E-state index is 0.523. The minimum Gasteiger partial charge on any atom is -0.387 e. The van der Waals surface area contributed by atoms with Crippen molar-refractivity contribution in [3.63, 3.8) is 0 Å². The van der Waals surface area contributed by atoms with E-state index in [1.54, 1.807) is 0 Å². The molecule has 0 aliphatic heterocycles. The van der Waals surface area contributed by atoms with Gasteiger partial charge < -0.3 is 15.7 Å². The molecule has 0 saturated heterocycles. The summed E-state index contributed by atoms with van der Waals surface area (Å²) >= 11 is 0. The highest BCUT2D eigenvalue weighted by molar-refractivity contribution is 5.77. The maximum atomic E-state index is 11.3. The molecule has 9 unspecified atom stereocenters. The molecule has 0 aromatic carbocycles. The Morgan fingerprint density at radius 3 is 2.58 bits per heavy atom. The molecule has 5 fully saturated rings. The Labute approximate surface area is 114 Å². The van der Waals surface area contributed by atoms with Crippen LogP contribution in [0.3, 0.4) is 0 Å². The number of aliphatic hydroxyl groups is 1. The predicted molar refractivity (Wildman–Crippen MR) is 72.3 cm³/mol. The Bertz CT molecular complexity index is 484. The lowest BCUT2D eigenvalue weighted by Gasteiger charge is -2.51. The van der Waals surface area contributed by atoms with Crippen LogP contribution in [0.15, 0.2) is 4.99 Å². The smallest absolute Gasteiger partial charge is 0.190 e. The summed E-state index contributed by atoms with van der Waals surface area (Å²) in [5, 5.41) is 11.3. The van der Waals surface area contributed by atoms with Crippen LogP contribution in [0.1, 0.15) is 12.8 Å². The van der Waals surface area contributed by atoms with Crippen molar-refractivity contribution in [2.45, 2.75) is 18.4 Å². The monoisotopic (exact) mass is 261 g/mol. The first-order chi connectivity index (χ1) is 9.04. The number of guanidine groups is 1. The fourth-order valence-corrected chi connectivity index (χ4v) is 7.28. The molecular weight excluding hydrogens is 238 g/mol. The maximum Gasteiger partial charge on any atom is 0.190 e. The van der Waals surface area contributed by atoms with E-state index in [1.165, 1.54) is 12.8 Å². The summed E-state index contributed by atoms with van der Waals surface area (Å²) in [5.74, 6) is 6.90. The van der Waals surface area contributed by atoms with Gasteiger partial charge in [-0.3, -0.25) is 4.99 Å². The van der Waals surface area contributed by atoms with Crippen LogP contribution < -0.4 is 5.73 Å². The zero-order chi connectivity index (χ0) is 13.1. The van der Waals surface area contributed by atoms with Crippen molar-refractivity contribution in [3.05, 3.63) is 0 Å². The molecule has 0 heterocycles. The Kier molecular flexibility index (Phi) is 1.70. The second-order valence-corrected chi connectivity index (χ2v) is 7.89.